The van der Waals surface area contributed by atoms with Crippen molar-refractivity contribution in [3.63, 3.8) is 0 Å². The second-order valence-corrected chi connectivity index (χ2v) is 9.42. The Morgan fingerprint density at radius 2 is 2.06 bits per heavy atom. The number of nitrogens with zero attached hydrogens (tertiary/aromatic N) is 5. The zero-order chi connectivity index (χ0) is 26.3. The quantitative estimate of drug-likeness (QED) is 0.0857. The molecule has 19 heteroatoms. The predicted octanol–water partition coefficient (Wildman–Crippen LogP) is -1.45. The highest BCUT2D eigenvalue weighted by molar-refractivity contribution is 7.80. The molecular weight excluding hydrogens is 514 g/mol. The molecule has 1 unspecified atom stereocenters. The first-order valence-electron chi connectivity index (χ1n) is 9.42. The second kappa shape index (κ2) is 9.09. The monoisotopic (exact) mass is 533 g/mol. The number of pyridine rings is 1. The number of nitrogens with two attached hydrogens (primary N) is 1. The lowest BCUT2D eigenvalue weighted by atomic mass is 9.84. The summed E-state index contributed by atoms with van der Waals surface area (Å²) in [4.78, 5) is 46.0. The summed E-state index contributed by atoms with van der Waals surface area (Å²) < 4.78 is 39.3. The number of amides is 2. The molecule has 190 valence electrons. The van der Waals surface area contributed by atoms with E-state index in [1.54, 1.807) is 0 Å². The molecule has 0 aliphatic carbocycles. The van der Waals surface area contributed by atoms with Crippen LogP contribution in [-0.2, 0) is 29.1 Å². The smallest absolute Gasteiger partial charge is 0.418 e. The molecule has 6 N–H and O–H groups in total. The van der Waals surface area contributed by atoms with E-state index in [0.717, 1.165) is 23.8 Å². The lowest BCUT2D eigenvalue weighted by molar-refractivity contribution is -0.218. The summed E-state index contributed by atoms with van der Waals surface area (Å²) in [6, 6.07) is -0.427. The summed E-state index contributed by atoms with van der Waals surface area (Å²) in [5.41, 5.74) is 2.67. The summed E-state index contributed by atoms with van der Waals surface area (Å²) in [5.74, 6) is -3.01. The maximum atomic E-state index is 12.9. The SMILES string of the molecule is CC(O/N=C(\C(=O)N[C@@H]1C(=O)N(OS(=O)(=O)O)C1(C)C)c1nsc(N)n1)c1cc(=O)c(O)cn1O. The molecule has 17 nitrogen and oxygen atoms in total. The van der Waals surface area contributed by atoms with E-state index in [9.17, 15) is 33.1 Å². The van der Waals surface area contributed by atoms with Crippen molar-refractivity contribution in [2.45, 2.75) is 38.5 Å². The van der Waals surface area contributed by atoms with Gasteiger partial charge in [0.15, 0.2) is 17.0 Å². The van der Waals surface area contributed by atoms with E-state index in [0.29, 0.717) is 9.79 Å². The van der Waals surface area contributed by atoms with Gasteiger partial charge in [-0.05, 0) is 20.8 Å². The molecule has 0 radical (unpaired) electrons. The molecule has 1 aliphatic rings. The van der Waals surface area contributed by atoms with Crippen molar-refractivity contribution in [3.05, 3.63) is 34.0 Å². The molecule has 2 atom stereocenters. The van der Waals surface area contributed by atoms with Crippen LogP contribution in [-0.4, -0.2) is 71.5 Å². The van der Waals surface area contributed by atoms with Crippen molar-refractivity contribution < 1.29 is 42.0 Å². The standard InChI is InChI=1S/C16H19N7O10S2/c1-6(7-4-8(24)9(25)5-22(7)28)32-20-10(12-19-15(17)34-21-12)13(26)18-11-14(27)23(16(11,2)3)33-35(29,30)31/h4-6,11,25,28H,1-3H3,(H,18,26)(H2,17,19,21)(H,29,30,31)/b20-10-/t6?,11-/m1/s1. The summed E-state index contributed by atoms with van der Waals surface area (Å²) in [7, 11) is -4.99. The van der Waals surface area contributed by atoms with Gasteiger partial charge in [-0.3, -0.25) is 18.9 Å². The zero-order valence-corrected chi connectivity index (χ0v) is 19.8. The minimum atomic E-state index is -4.99. The van der Waals surface area contributed by atoms with Gasteiger partial charge in [0.1, 0.15) is 11.7 Å². The first kappa shape index (κ1) is 25.8. The van der Waals surface area contributed by atoms with Crippen molar-refractivity contribution in [1.82, 2.24) is 24.5 Å². The molecule has 1 saturated heterocycles. The molecule has 2 aromatic rings. The molecule has 2 aromatic heterocycles. The van der Waals surface area contributed by atoms with Crippen LogP contribution in [0.15, 0.2) is 22.2 Å². The highest BCUT2D eigenvalue weighted by Crippen LogP contribution is 2.33. The fourth-order valence-electron chi connectivity index (χ4n) is 2.95. The van der Waals surface area contributed by atoms with E-state index < -0.39 is 56.8 Å². The Balaban J connectivity index is 1.85. The van der Waals surface area contributed by atoms with Crippen LogP contribution in [0.25, 0.3) is 0 Å². The maximum absolute atomic E-state index is 12.9. The van der Waals surface area contributed by atoms with Gasteiger partial charge in [-0.1, -0.05) is 5.16 Å². The Kier molecular flexibility index (Phi) is 6.70. The Bertz CT molecular complexity index is 1370. The van der Waals surface area contributed by atoms with E-state index in [2.05, 4.69) is 24.1 Å². The van der Waals surface area contributed by atoms with Gasteiger partial charge >= 0.3 is 10.4 Å². The van der Waals surface area contributed by atoms with Crippen LogP contribution >= 0.6 is 11.5 Å². The molecular formula is C16H19N7O10S2. The van der Waals surface area contributed by atoms with Crippen LogP contribution in [0.4, 0.5) is 5.13 Å². The molecule has 35 heavy (non-hydrogen) atoms. The predicted molar refractivity (Wildman–Crippen MR) is 115 cm³/mol. The third-order valence-electron chi connectivity index (χ3n) is 4.75. The lowest BCUT2D eigenvalue weighted by Gasteiger charge is -2.50. The van der Waals surface area contributed by atoms with E-state index in [1.165, 1.54) is 20.8 Å². The van der Waals surface area contributed by atoms with E-state index in [1.807, 2.05) is 0 Å². The minimum absolute atomic E-state index is 0.0240. The molecule has 3 rings (SSSR count). The van der Waals surface area contributed by atoms with Gasteiger partial charge in [0.05, 0.1) is 11.7 Å². The number of nitrogens with one attached hydrogen (secondary N) is 1. The Morgan fingerprint density at radius 3 is 2.60 bits per heavy atom. The number of carbonyl (C=O) groups excluding carboxylic acids is 2. The molecule has 0 aromatic carbocycles. The normalized spacial score (nSPS) is 18.6. The lowest BCUT2D eigenvalue weighted by Crippen LogP contribution is -2.76. The number of carbonyl (C=O) groups is 2. The van der Waals surface area contributed by atoms with E-state index in [-0.39, 0.29) is 16.6 Å². The molecule has 2 amide bonds. The first-order chi connectivity index (χ1) is 16.1. The third kappa shape index (κ3) is 5.31. The molecule has 0 spiro atoms. The van der Waals surface area contributed by atoms with Crippen molar-refractivity contribution in [3.8, 4) is 5.75 Å². The second-order valence-electron chi connectivity index (χ2n) is 7.63. The molecule has 0 bridgehead atoms. The van der Waals surface area contributed by atoms with Gasteiger partial charge in [0, 0.05) is 17.6 Å². The summed E-state index contributed by atoms with van der Waals surface area (Å²) >= 11 is 0.730. The fraction of sp³-hybridized carbons (Fsp3) is 0.375. The van der Waals surface area contributed by atoms with Gasteiger partial charge in [0.2, 0.25) is 17.0 Å². The van der Waals surface area contributed by atoms with Gasteiger partial charge in [0.25, 0.3) is 11.8 Å². The summed E-state index contributed by atoms with van der Waals surface area (Å²) in [6.07, 6.45) is -0.394. The van der Waals surface area contributed by atoms with Crippen molar-refractivity contribution in [2.75, 3.05) is 5.73 Å². The highest BCUT2D eigenvalue weighted by Gasteiger charge is 2.58. The number of nitrogen functional groups attached to an aromatic ring is 1. The van der Waals surface area contributed by atoms with Crippen LogP contribution < -0.4 is 16.5 Å². The van der Waals surface area contributed by atoms with Crippen LogP contribution in [0.1, 0.15) is 38.4 Å². The number of aromatic nitrogens is 3. The van der Waals surface area contributed by atoms with E-state index >= 15 is 0 Å². The first-order valence-corrected chi connectivity index (χ1v) is 11.6. The van der Waals surface area contributed by atoms with Gasteiger partial charge in [-0.2, -0.15) is 27.6 Å². The van der Waals surface area contributed by atoms with Crippen molar-refractivity contribution in [1.29, 1.82) is 0 Å². The molecule has 0 saturated carbocycles. The average Bonchev–Trinajstić information content (AvgIpc) is 3.17. The zero-order valence-electron chi connectivity index (χ0n) is 18.1. The van der Waals surface area contributed by atoms with Crippen LogP contribution in [0.5, 0.6) is 5.75 Å². The largest absolute Gasteiger partial charge is 0.503 e. The van der Waals surface area contributed by atoms with Crippen LogP contribution in [0.2, 0.25) is 0 Å². The topological polar surface area (TPSA) is 249 Å². The number of hydroxylamine groups is 2. The van der Waals surface area contributed by atoms with Gasteiger partial charge < -0.3 is 26.2 Å². The Hall–Kier alpha value is -3.81. The highest BCUT2D eigenvalue weighted by atomic mass is 32.3. The fourth-order valence-corrected chi connectivity index (χ4v) is 3.84. The number of β-lactam (4-membered cyclic amide) rings is 1. The van der Waals surface area contributed by atoms with Crippen molar-refractivity contribution in [2.24, 2.45) is 5.16 Å². The average molecular weight is 534 g/mol. The minimum Gasteiger partial charge on any atom is -0.503 e. The maximum Gasteiger partial charge on any atom is 0.418 e. The van der Waals surface area contributed by atoms with E-state index in [4.69, 9.17) is 15.1 Å². The van der Waals surface area contributed by atoms with Crippen LogP contribution in [0.3, 0.4) is 0 Å². The third-order valence-corrected chi connectivity index (χ3v) is 5.63. The molecule has 1 aliphatic heterocycles. The number of rotatable bonds is 8. The van der Waals surface area contributed by atoms with Gasteiger partial charge in [-0.25, -0.2) is 0 Å². The number of anilines is 1. The Labute approximate surface area is 200 Å². The van der Waals surface area contributed by atoms with Crippen molar-refractivity contribution >= 4 is 44.6 Å². The summed E-state index contributed by atoms with van der Waals surface area (Å²) in [5, 5.41) is 25.6. The number of aromatic hydroxyl groups is 1. The number of hydrogen-bond acceptors (Lipinski definition) is 14. The van der Waals surface area contributed by atoms with Gasteiger partial charge in [-0.15, -0.1) is 4.28 Å². The number of hydrogen-bond donors (Lipinski definition) is 5. The summed E-state index contributed by atoms with van der Waals surface area (Å²) in [6.45, 7) is 4.07. The Morgan fingerprint density at radius 1 is 1.40 bits per heavy atom. The molecule has 3 heterocycles. The number of oxime groups is 1. The molecule has 1 fully saturated rings. The van der Waals surface area contributed by atoms with Crippen LogP contribution in [0, 0.1) is 0 Å².